The number of pyridine rings is 1. The van der Waals surface area contributed by atoms with Crippen molar-refractivity contribution in [3.05, 3.63) is 51.2 Å². The van der Waals surface area contributed by atoms with Crippen molar-refractivity contribution in [1.29, 1.82) is 0 Å². The number of carbonyl (C=O) groups excluding carboxylic acids is 1. The van der Waals surface area contributed by atoms with Crippen LogP contribution in [-0.2, 0) is 10.0 Å². The molecule has 122 valence electrons. The number of halogens is 3. The number of nitrogens with one attached hydrogen (secondary N) is 3. The molecule has 5 N–H and O–H groups in total. The van der Waals surface area contributed by atoms with Gasteiger partial charge in [-0.25, -0.2) is 8.42 Å². The number of hydrogen-bond acceptors (Lipinski definition) is 4. The molecular formula is C12H10Cl3N4O3S+. The van der Waals surface area contributed by atoms with Gasteiger partial charge in [0.05, 0.1) is 10.6 Å². The minimum Gasteiger partial charge on any atom is -0.396 e. The number of amides is 1. The van der Waals surface area contributed by atoms with E-state index in [0.717, 1.165) is 0 Å². The van der Waals surface area contributed by atoms with Crippen LogP contribution < -0.4 is 21.0 Å². The number of aromatic nitrogens is 1. The summed E-state index contributed by atoms with van der Waals surface area (Å²) < 4.78 is 24.0. The van der Waals surface area contributed by atoms with Crippen molar-refractivity contribution in [2.45, 2.75) is 4.90 Å². The molecule has 0 saturated heterocycles. The van der Waals surface area contributed by atoms with Crippen LogP contribution in [0.5, 0.6) is 0 Å². The summed E-state index contributed by atoms with van der Waals surface area (Å²) in [6, 6.07) is 7.47. The molecule has 0 fully saturated rings. The Morgan fingerprint density at radius 2 is 1.70 bits per heavy atom. The van der Waals surface area contributed by atoms with E-state index in [1.54, 1.807) is 18.2 Å². The van der Waals surface area contributed by atoms with Gasteiger partial charge in [-0.05, 0) is 23.7 Å². The summed E-state index contributed by atoms with van der Waals surface area (Å²) in [4.78, 5) is 16.4. The molecule has 0 aliphatic rings. The smallest absolute Gasteiger partial charge is 0.332 e. The summed E-state index contributed by atoms with van der Waals surface area (Å²) in [5.74, 6) is -0.889. The second-order valence-corrected chi connectivity index (χ2v) is 7.04. The van der Waals surface area contributed by atoms with Crippen molar-refractivity contribution >= 4 is 56.4 Å². The van der Waals surface area contributed by atoms with Crippen LogP contribution in [0.1, 0.15) is 10.5 Å². The minimum absolute atomic E-state index is 0.0240. The zero-order valence-electron chi connectivity index (χ0n) is 11.2. The molecule has 11 heteroatoms. The van der Waals surface area contributed by atoms with Gasteiger partial charge in [0.15, 0.2) is 0 Å². The number of H-pyrrole nitrogens is 1. The number of aromatic amines is 1. The molecule has 1 heterocycles. The molecule has 7 nitrogen and oxygen atoms in total. The molecule has 0 aliphatic heterocycles. The highest BCUT2D eigenvalue weighted by Crippen LogP contribution is 2.31. The normalized spacial score (nSPS) is 11.3. The molecule has 1 aromatic carbocycles. The Morgan fingerprint density at radius 3 is 2.30 bits per heavy atom. The van der Waals surface area contributed by atoms with Crippen LogP contribution in [0.2, 0.25) is 15.2 Å². The lowest BCUT2D eigenvalue weighted by Gasteiger charge is -2.08. The Hall–Kier alpha value is -1.58. The van der Waals surface area contributed by atoms with Gasteiger partial charge in [0.2, 0.25) is 0 Å². The van der Waals surface area contributed by atoms with Crippen molar-refractivity contribution in [2.24, 2.45) is 0 Å². The Labute approximate surface area is 146 Å². The number of carbonyl (C=O) groups is 1. The first-order valence-corrected chi connectivity index (χ1v) is 8.58. The molecule has 0 spiro atoms. The first-order chi connectivity index (χ1) is 10.7. The van der Waals surface area contributed by atoms with E-state index >= 15 is 0 Å². The Balaban J connectivity index is 2.21. The average molecular weight is 397 g/mol. The summed E-state index contributed by atoms with van der Waals surface area (Å²) in [6.45, 7) is 0. The van der Waals surface area contributed by atoms with Gasteiger partial charge in [-0.1, -0.05) is 41.4 Å². The molecule has 0 saturated carbocycles. The summed E-state index contributed by atoms with van der Waals surface area (Å²) in [5, 5.41) is -0.335. The van der Waals surface area contributed by atoms with Gasteiger partial charge >= 0.3 is 5.91 Å². The standard InChI is InChI=1S/C12H9Cl3N4O3S/c13-7-9(16)8(14)11(15)17-10(7)12(20)18-19-23(21,22)6-4-2-1-3-5-6/h1-5,19H,(H2,16,17)(H,18,20)/p+1. The summed E-state index contributed by atoms with van der Waals surface area (Å²) in [5.41, 5.74) is 7.26. The van der Waals surface area contributed by atoms with Crippen LogP contribution in [0.15, 0.2) is 35.2 Å². The maximum atomic E-state index is 12.0. The molecule has 1 amide bonds. The van der Waals surface area contributed by atoms with E-state index in [2.05, 4.69) is 4.98 Å². The number of nitrogens with two attached hydrogens (primary N) is 1. The van der Waals surface area contributed by atoms with Crippen LogP contribution in [0.4, 0.5) is 5.69 Å². The molecule has 23 heavy (non-hydrogen) atoms. The highest BCUT2D eigenvalue weighted by molar-refractivity contribution is 7.89. The molecule has 1 aromatic heterocycles. The van der Waals surface area contributed by atoms with Crippen LogP contribution in [0.3, 0.4) is 0 Å². The topological polar surface area (TPSA) is 115 Å². The fraction of sp³-hybridized carbons (Fsp3) is 0. The summed E-state index contributed by atoms with van der Waals surface area (Å²) in [6.07, 6.45) is 0. The van der Waals surface area contributed by atoms with Crippen molar-refractivity contribution < 1.29 is 18.2 Å². The summed E-state index contributed by atoms with van der Waals surface area (Å²) in [7, 11) is -3.93. The molecule has 0 radical (unpaired) electrons. The van der Waals surface area contributed by atoms with Crippen molar-refractivity contribution in [2.75, 3.05) is 5.73 Å². The molecule has 0 bridgehead atoms. The lowest BCUT2D eigenvalue weighted by Crippen LogP contribution is -2.43. The van der Waals surface area contributed by atoms with Gasteiger partial charge < -0.3 is 5.73 Å². The number of sulfonamides is 1. The van der Waals surface area contributed by atoms with Crippen LogP contribution in [0, 0.1) is 0 Å². The van der Waals surface area contributed by atoms with Gasteiger partial charge in [-0.15, -0.1) is 4.83 Å². The highest BCUT2D eigenvalue weighted by atomic mass is 35.5. The zero-order valence-corrected chi connectivity index (χ0v) is 14.3. The summed E-state index contributed by atoms with van der Waals surface area (Å²) >= 11 is 17.4. The first kappa shape index (κ1) is 17.8. The Bertz CT molecular complexity index is 860. The molecular weight excluding hydrogens is 387 g/mol. The van der Waals surface area contributed by atoms with Gasteiger partial charge in [-0.2, -0.15) is 4.98 Å². The minimum atomic E-state index is -3.93. The van der Waals surface area contributed by atoms with E-state index in [1.807, 2.05) is 10.3 Å². The molecule has 0 aliphatic carbocycles. The van der Waals surface area contributed by atoms with Crippen LogP contribution in [0.25, 0.3) is 0 Å². The largest absolute Gasteiger partial charge is 0.396 e. The van der Waals surface area contributed by atoms with E-state index in [0.29, 0.717) is 0 Å². The second kappa shape index (κ2) is 6.90. The van der Waals surface area contributed by atoms with Crippen LogP contribution in [-0.4, -0.2) is 14.3 Å². The van der Waals surface area contributed by atoms with E-state index in [9.17, 15) is 13.2 Å². The molecule has 2 aromatic rings. The predicted molar refractivity (Wildman–Crippen MR) is 86.7 cm³/mol. The van der Waals surface area contributed by atoms with E-state index in [1.165, 1.54) is 12.1 Å². The van der Waals surface area contributed by atoms with Gasteiger partial charge in [0.1, 0.15) is 10.0 Å². The maximum Gasteiger partial charge on any atom is 0.332 e. The fourth-order valence-corrected chi connectivity index (χ4v) is 3.03. The Kier molecular flexibility index (Phi) is 5.33. The quantitative estimate of drug-likeness (QED) is 0.538. The van der Waals surface area contributed by atoms with Gasteiger partial charge in [0, 0.05) is 0 Å². The van der Waals surface area contributed by atoms with Crippen LogP contribution >= 0.6 is 34.8 Å². The third-order valence-electron chi connectivity index (χ3n) is 2.70. The number of nitrogen functional groups attached to an aromatic ring is 1. The fourth-order valence-electron chi connectivity index (χ4n) is 1.56. The number of anilines is 1. The predicted octanol–water partition coefficient (Wildman–Crippen LogP) is 1.67. The zero-order chi connectivity index (χ0) is 17.2. The third kappa shape index (κ3) is 3.85. The number of hydrogen-bond donors (Lipinski definition) is 3. The van der Waals surface area contributed by atoms with Crippen molar-refractivity contribution in [1.82, 2.24) is 10.3 Å². The van der Waals surface area contributed by atoms with E-state index in [4.69, 9.17) is 40.5 Å². The first-order valence-electron chi connectivity index (χ1n) is 5.96. The molecule has 0 unspecified atom stereocenters. The van der Waals surface area contributed by atoms with Crippen molar-refractivity contribution in [3.8, 4) is 0 Å². The Morgan fingerprint density at radius 1 is 1.09 bits per heavy atom. The highest BCUT2D eigenvalue weighted by Gasteiger charge is 2.27. The van der Waals surface area contributed by atoms with Crippen molar-refractivity contribution in [3.63, 3.8) is 0 Å². The second-order valence-electron chi connectivity index (χ2n) is 4.23. The lowest BCUT2D eigenvalue weighted by atomic mass is 10.3. The molecule has 0 atom stereocenters. The average Bonchev–Trinajstić information content (AvgIpc) is 2.55. The van der Waals surface area contributed by atoms with E-state index < -0.39 is 15.9 Å². The molecule has 2 rings (SSSR count). The van der Waals surface area contributed by atoms with Gasteiger partial charge in [0.25, 0.3) is 20.9 Å². The number of benzene rings is 1. The van der Waals surface area contributed by atoms with Gasteiger partial charge in [-0.3, -0.25) is 10.2 Å². The number of rotatable bonds is 4. The lowest BCUT2D eigenvalue weighted by molar-refractivity contribution is -0.379. The maximum absolute atomic E-state index is 12.0. The third-order valence-corrected chi connectivity index (χ3v) is 5.13. The monoisotopic (exact) mass is 395 g/mol. The van der Waals surface area contributed by atoms with E-state index in [-0.39, 0.29) is 31.5 Å². The number of hydrazine groups is 1. The SMILES string of the molecule is Nc1c(Cl)c(Cl)[nH+]c(C(=O)NNS(=O)(=O)c2ccccc2)c1Cl.